The van der Waals surface area contributed by atoms with E-state index >= 15 is 0 Å². The van der Waals surface area contributed by atoms with Crippen LogP contribution in [0.5, 0.6) is 0 Å². The van der Waals surface area contributed by atoms with E-state index in [1.165, 1.54) is 7.11 Å². The summed E-state index contributed by atoms with van der Waals surface area (Å²) in [5.41, 5.74) is 5.42. The van der Waals surface area contributed by atoms with Crippen molar-refractivity contribution in [2.24, 2.45) is 5.73 Å². The minimum absolute atomic E-state index is 0.681. The first-order valence-electron chi connectivity index (χ1n) is 3.42. The molecule has 0 bridgehead atoms. The van der Waals surface area contributed by atoms with Crippen molar-refractivity contribution in [3.8, 4) is 0 Å². The molecule has 0 aromatic carbocycles. The van der Waals surface area contributed by atoms with E-state index < -0.39 is 30.5 Å². The highest BCUT2D eigenvalue weighted by atomic mass is 16.5. The van der Waals surface area contributed by atoms with Gasteiger partial charge in [-0.15, -0.1) is 0 Å². The Hall–Kier alpha value is -0.200. The number of ether oxygens (including phenoxy) is 1. The van der Waals surface area contributed by atoms with Crippen LogP contribution in [-0.2, 0) is 4.74 Å². The third-order valence-corrected chi connectivity index (χ3v) is 2.08. The van der Waals surface area contributed by atoms with E-state index in [1.807, 2.05) is 0 Å². The van der Waals surface area contributed by atoms with Crippen molar-refractivity contribution in [1.82, 2.24) is 0 Å². The van der Waals surface area contributed by atoms with E-state index in [1.54, 1.807) is 0 Å². The Bertz CT molecular complexity index is 129. The van der Waals surface area contributed by atoms with Crippen LogP contribution in [0.1, 0.15) is 0 Å². The third-order valence-electron chi connectivity index (χ3n) is 2.08. The predicted molar refractivity (Wildman–Crippen MR) is 36.8 cm³/mol. The second kappa shape index (κ2) is 3.04. The maximum absolute atomic E-state index is 9.18. The first-order valence-corrected chi connectivity index (χ1v) is 3.42. The quantitative estimate of drug-likeness (QED) is 0.340. The number of aliphatic hydroxyl groups excluding tert-OH is 3. The molecule has 5 heteroatoms. The number of hydrogen-bond donors (Lipinski definition) is 4. The SMILES string of the molecule is CO[C@@H]1[C@@H](N)[C@@H](O)[C@@H](O)[C@H]1O. The molecule has 0 aromatic rings. The Kier molecular flexibility index (Phi) is 2.46. The number of nitrogens with two attached hydrogens (primary N) is 1. The van der Waals surface area contributed by atoms with Crippen LogP contribution in [0.15, 0.2) is 0 Å². The van der Waals surface area contributed by atoms with E-state index in [0.29, 0.717) is 0 Å². The molecule has 0 aliphatic heterocycles. The number of aliphatic hydroxyl groups is 3. The fourth-order valence-electron chi connectivity index (χ4n) is 1.34. The van der Waals surface area contributed by atoms with Gasteiger partial charge in [-0.25, -0.2) is 0 Å². The lowest BCUT2D eigenvalue weighted by Gasteiger charge is -2.16. The molecule has 11 heavy (non-hydrogen) atoms. The molecule has 5 nitrogen and oxygen atoms in total. The van der Waals surface area contributed by atoms with Gasteiger partial charge in [-0.3, -0.25) is 0 Å². The normalized spacial score (nSPS) is 51.5. The Labute approximate surface area is 64.4 Å². The van der Waals surface area contributed by atoms with Crippen molar-refractivity contribution in [2.75, 3.05) is 7.11 Å². The molecule has 1 aliphatic carbocycles. The zero-order valence-corrected chi connectivity index (χ0v) is 6.21. The van der Waals surface area contributed by atoms with E-state index in [9.17, 15) is 5.11 Å². The average molecular weight is 163 g/mol. The summed E-state index contributed by atoms with van der Waals surface area (Å²) >= 11 is 0. The van der Waals surface area contributed by atoms with Gasteiger partial charge in [0.25, 0.3) is 0 Å². The van der Waals surface area contributed by atoms with Gasteiger partial charge in [-0.1, -0.05) is 0 Å². The van der Waals surface area contributed by atoms with Gasteiger partial charge in [-0.2, -0.15) is 0 Å². The fourth-order valence-corrected chi connectivity index (χ4v) is 1.34. The van der Waals surface area contributed by atoms with E-state index in [2.05, 4.69) is 0 Å². The summed E-state index contributed by atoms with van der Waals surface area (Å²) in [5, 5.41) is 27.4. The highest BCUT2D eigenvalue weighted by Gasteiger charge is 2.47. The summed E-state index contributed by atoms with van der Waals surface area (Å²) in [5.74, 6) is 0. The van der Waals surface area contributed by atoms with Gasteiger partial charge in [0.2, 0.25) is 0 Å². The fraction of sp³-hybridized carbons (Fsp3) is 1.00. The van der Waals surface area contributed by atoms with Gasteiger partial charge in [0, 0.05) is 7.11 Å². The highest BCUT2D eigenvalue weighted by molar-refractivity contribution is 5.01. The van der Waals surface area contributed by atoms with Gasteiger partial charge in [0.1, 0.15) is 24.4 Å². The average Bonchev–Trinajstić information content (AvgIpc) is 2.17. The predicted octanol–water partition coefficient (Wildman–Crippen LogP) is -2.57. The third kappa shape index (κ3) is 1.25. The standard InChI is InChI=1S/C6H13NO4/c1-11-6-2(7)3(8)4(9)5(6)10/h2-6,8-10H,7H2,1H3/t2-,3+,4+,5+,6+/m0/s1. The molecule has 0 unspecified atom stereocenters. The summed E-state index contributed by atoms with van der Waals surface area (Å²) in [7, 11) is 1.37. The van der Waals surface area contributed by atoms with Crippen LogP contribution in [0.25, 0.3) is 0 Å². The highest BCUT2D eigenvalue weighted by Crippen LogP contribution is 2.21. The van der Waals surface area contributed by atoms with Crippen LogP contribution in [-0.4, -0.2) is 52.9 Å². The maximum Gasteiger partial charge on any atom is 0.110 e. The van der Waals surface area contributed by atoms with Crippen LogP contribution in [0.4, 0.5) is 0 Å². The molecule has 0 amide bonds. The van der Waals surface area contributed by atoms with Crippen LogP contribution < -0.4 is 5.73 Å². The summed E-state index contributed by atoms with van der Waals surface area (Å²) in [6.07, 6.45) is -4.07. The molecule has 5 N–H and O–H groups in total. The molecule has 1 rings (SSSR count). The minimum Gasteiger partial charge on any atom is -0.389 e. The van der Waals surface area contributed by atoms with Crippen molar-refractivity contribution < 1.29 is 20.1 Å². The van der Waals surface area contributed by atoms with Crippen molar-refractivity contribution in [3.63, 3.8) is 0 Å². The van der Waals surface area contributed by atoms with Crippen LogP contribution in [0, 0.1) is 0 Å². The molecular weight excluding hydrogens is 150 g/mol. The smallest absolute Gasteiger partial charge is 0.110 e. The summed E-state index contributed by atoms with van der Waals surface area (Å²) < 4.78 is 4.78. The van der Waals surface area contributed by atoms with Crippen molar-refractivity contribution in [2.45, 2.75) is 30.5 Å². The lowest BCUT2D eigenvalue weighted by molar-refractivity contribution is -0.0515. The molecule has 1 aliphatic rings. The Morgan fingerprint density at radius 1 is 1.09 bits per heavy atom. The molecule has 66 valence electrons. The second-order valence-corrected chi connectivity index (χ2v) is 2.75. The van der Waals surface area contributed by atoms with E-state index in [4.69, 9.17) is 20.7 Å². The first kappa shape index (κ1) is 8.89. The van der Waals surface area contributed by atoms with E-state index in [0.717, 1.165) is 0 Å². The lowest BCUT2D eigenvalue weighted by atomic mass is 10.2. The van der Waals surface area contributed by atoms with Crippen LogP contribution in [0.3, 0.4) is 0 Å². The van der Waals surface area contributed by atoms with Crippen molar-refractivity contribution in [3.05, 3.63) is 0 Å². The summed E-state index contributed by atoms with van der Waals surface area (Å²) in [4.78, 5) is 0. The molecular formula is C6H13NO4. The summed E-state index contributed by atoms with van der Waals surface area (Å²) in [6.45, 7) is 0. The molecule has 1 saturated carbocycles. The van der Waals surface area contributed by atoms with Gasteiger partial charge in [0.05, 0.1) is 6.04 Å². The van der Waals surface area contributed by atoms with Gasteiger partial charge in [0.15, 0.2) is 0 Å². The molecule has 0 aromatic heterocycles. The Morgan fingerprint density at radius 2 is 1.64 bits per heavy atom. The zero-order valence-electron chi connectivity index (χ0n) is 6.21. The van der Waals surface area contributed by atoms with Crippen LogP contribution >= 0.6 is 0 Å². The van der Waals surface area contributed by atoms with E-state index in [-0.39, 0.29) is 0 Å². The molecule has 0 spiro atoms. The second-order valence-electron chi connectivity index (χ2n) is 2.75. The number of rotatable bonds is 1. The molecule has 0 saturated heterocycles. The van der Waals surface area contributed by atoms with Gasteiger partial charge in [-0.05, 0) is 0 Å². The van der Waals surface area contributed by atoms with Gasteiger partial charge < -0.3 is 25.8 Å². The van der Waals surface area contributed by atoms with Gasteiger partial charge >= 0.3 is 0 Å². The monoisotopic (exact) mass is 163 g/mol. The number of methoxy groups -OCH3 is 1. The molecule has 0 radical (unpaired) electrons. The molecule has 1 fully saturated rings. The minimum atomic E-state index is -1.20. The first-order chi connectivity index (χ1) is 5.09. The maximum atomic E-state index is 9.18. The molecule has 0 heterocycles. The largest absolute Gasteiger partial charge is 0.389 e. The van der Waals surface area contributed by atoms with Crippen LogP contribution in [0.2, 0.25) is 0 Å². The number of hydrogen-bond acceptors (Lipinski definition) is 5. The summed E-state index contributed by atoms with van der Waals surface area (Å²) in [6, 6.07) is -0.718. The Balaban J connectivity index is 2.69. The molecule has 5 atom stereocenters. The topological polar surface area (TPSA) is 95.9 Å². The van der Waals surface area contributed by atoms with Crippen molar-refractivity contribution >= 4 is 0 Å². The lowest BCUT2D eigenvalue weighted by Crippen LogP contribution is -2.41. The van der Waals surface area contributed by atoms with Crippen molar-refractivity contribution in [1.29, 1.82) is 0 Å². The zero-order chi connectivity index (χ0) is 8.59. The Morgan fingerprint density at radius 3 is 1.82 bits per heavy atom.